The fourth-order valence-corrected chi connectivity index (χ4v) is 2.44. The fraction of sp³-hybridized carbons (Fsp3) is 0.650. The van der Waals surface area contributed by atoms with E-state index in [9.17, 15) is 0 Å². The van der Waals surface area contributed by atoms with Gasteiger partial charge in [-0.15, -0.1) is 0 Å². The molecule has 0 radical (unpaired) electrons. The van der Waals surface area contributed by atoms with E-state index in [1.54, 1.807) is 14.2 Å². The highest BCUT2D eigenvalue weighted by atomic mass is 16.5. The average molecular weight is 365 g/mol. The third-order valence-electron chi connectivity index (χ3n) is 4.36. The molecule has 0 saturated carbocycles. The number of benzene rings is 1. The first kappa shape index (κ1) is 22.1. The van der Waals surface area contributed by atoms with Crippen LogP contribution in [0.15, 0.2) is 23.2 Å². The summed E-state index contributed by atoms with van der Waals surface area (Å²) in [4.78, 5) is 7.04. The number of methoxy groups -OCH3 is 2. The zero-order valence-corrected chi connectivity index (χ0v) is 17.3. The van der Waals surface area contributed by atoms with Gasteiger partial charge in [0.1, 0.15) is 11.5 Å². The van der Waals surface area contributed by atoms with Crippen molar-refractivity contribution in [2.45, 2.75) is 46.2 Å². The molecule has 2 N–H and O–H groups in total. The molecule has 0 aliphatic rings. The van der Waals surface area contributed by atoms with Gasteiger partial charge in [-0.05, 0) is 59.3 Å². The Morgan fingerprint density at radius 1 is 1.15 bits per heavy atom. The van der Waals surface area contributed by atoms with Gasteiger partial charge in [-0.1, -0.05) is 0 Å². The molecule has 0 aliphatic heterocycles. The molecular formula is C20H36N4O2. The Morgan fingerprint density at radius 3 is 2.54 bits per heavy atom. The molecule has 0 aromatic heterocycles. The normalized spacial score (nSPS) is 11.8. The first-order chi connectivity index (χ1) is 12.5. The van der Waals surface area contributed by atoms with Gasteiger partial charge < -0.3 is 25.0 Å². The number of hydrogen-bond donors (Lipinski definition) is 2. The van der Waals surface area contributed by atoms with Crippen molar-refractivity contribution < 1.29 is 9.47 Å². The summed E-state index contributed by atoms with van der Waals surface area (Å²) in [7, 11) is 5.49. The third kappa shape index (κ3) is 7.95. The number of aliphatic imine (C=N–C) groups is 1. The first-order valence-electron chi connectivity index (χ1n) is 9.45. The van der Waals surface area contributed by atoms with E-state index in [0.717, 1.165) is 49.1 Å². The lowest BCUT2D eigenvalue weighted by Crippen LogP contribution is -2.38. The van der Waals surface area contributed by atoms with E-state index in [0.29, 0.717) is 12.6 Å². The quantitative estimate of drug-likeness (QED) is 0.359. The fourth-order valence-electron chi connectivity index (χ4n) is 2.44. The van der Waals surface area contributed by atoms with Crippen LogP contribution in [0, 0.1) is 0 Å². The zero-order valence-electron chi connectivity index (χ0n) is 17.3. The van der Waals surface area contributed by atoms with Crippen molar-refractivity contribution in [2.24, 2.45) is 4.99 Å². The summed E-state index contributed by atoms with van der Waals surface area (Å²) in [6.07, 6.45) is 2.29. The van der Waals surface area contributed by atoms with Gasteiger partial charge in [-0.2, -0.15) is 0 Å². The Morgan fingerprint density at radius 2 is 1.92 bits per heavy atom. The van der Waals surface area contributed by atoms with Crippen LogP contribution in [-0.2, 0) is 6.54 Å². The molecule has 0 spiro atoms. The first-order valence-corrected chi connectivity index (χ1v) is 9.45. The maximum atomic E-state index is 5.44. The summed E-state index contributed by atoms with van der Waals surface area (Å²) in [5.41, 5.74) is 1.03. The van der Waals surface area contributed by atoms with Gasteiger partial charge in [0, 0.05) is 30.8 Å². The summed E-state index contributed by atoms with van der Waals surface area (Å²) in [6, 6.07) is 6.41. The van der Waals surface area contributed by atoms with Crippen LogP contribution in [0.5, 0.6) is 11.5 Å². The third-order valence-corrected chi connectivity index (χ3v) is 4.36. The SMILES string of the molecule is CCNC(=NCc1ccc(OC)cc1OC)NCCCCN(C)C(C)C. The Balaban J connectivity index is 2.53. The smallest absolute Gasteiger partial charge is 0.191 e. The van der Waals surface area contributed by atoms with Crippen LogP contribution in [0.2, 0.25) is 0 Å². The van der Waals surface area contributed by atoms with Crippen LogP contribution >= 0.6 is 0 Å². The van der Waals surface area contributed by atoms with Crippen LogP contribution < -0.4 is 20.1 Å². The van der Waals surface area contributed by atoms with Gasteiger partial charge in [0.2, 0.25) is 0 Å². The lowest BCUT2D eigenvalue weighted by molar-refractivity contribution is 0.268. The molecule has 0 aliphatic carbocycles. The number of ether oxygens (including phenoxy) is 2. The standard InChI is InChI=1S/C20H36N4O2/c1-7-21-20(22-12-8-9-13-24(4)16(2)3)23-15-17-10-11-18(25-5)14-19(17)26-6/h10-11,14,16H,7-9,12-13,15H2,1-6H3,(H2,21,22,23). The molecule has 0 saturated heterocycles. The largest absolute Gasteiger partial charge is 0.497 e. The van der Waals surface area contributed by atoms with E-state index in [2.05, 4.69) is 48.3 Å². The highest BCUT2D eigenvalue weighted by Crippen LogP contribution is 2.25. The highest BCUT2D eigenvalue weighted by Gasteiger charge is 2.06. The predicted molar refractivity (Wildman–Crippen MR) is 109 cm³/mol. The van der Waals surface area contributed by atoms with Crippen molar-refractivity contribution in [1.82, 2.24) is 15.5 Å². The Bertz CT molecular complexity index is 547. The van der Waals surface area contributed by atoms with Gasteiger partial charge in [-0.25, -0.2) is 4.99 Å². The van der Waals surface area contributed by atoms with Crippen molar-refractivity contribution in [2.75, 3.05) is 40.9 Å². The number of hydrogen-bond acceptors (Lipinski definition) is 4. The van der Waals surface area contributed by atoms with E-state index in [4.69, 9.17) is 9.47 Å². The number of nitrogens with zero attached hydrogens (tertiary/aromatic N) is 2. The molecule has 0 heterocycles. The Hall–Kier alpha value is -1.95. The predicted octanol–water partition coefficient (Wildman–Crippen LogP) is 2.88. The van der Waals surface area contributed by atoms with Crippen molar-refractivity contribution in [3.63, 3.8) is 0 Å². The number of rotatable bonds is 11. The zero-order chi connectivity index (χ0) is 19.4. The van der Waals surface area contributed by atoms with Gasteiger partial charge in [0.05, 0.1) is 20.8 Å². The maximum absolute atomic E-state index is 5.44. The average Bonchev–Trinajstić information content (AvgIpc) is 2.65. The lowest BCUT2D eigenvalue weighted by atomic mass is 10.2. The highest BCUT2D eigenvalue weighted by molar-refractivity contribution is 5.79. The van der Waals surface area contributed by atoms with Crippen LogP contribution in [0.25, 0.3) is 0 Å². The lowest BCUT2D eigenvalue weighted by Gasteiger charge is -2.20. The summed E-state index contributed by atoms with van der Waals surface area (Å²) in [6.45, 7) is 9.94. The molecule has 0 amide bonds. The van der Waals surface area contributed by atoms with Gasteiger partial charge in [0.15, 0.2) is 5.96 Å². The molecule has 26 heavy (non-hydrogen) atoms. The second-order valence-electron chi connectivity index (χ2n) is 6.58. The summed E-state index contributed by atoms with van der Waals surface area (Å²) in [5.74, 6) is 2.41. The Labute approximate surface area is 159 Å². The number of nitrogens with one attached hydrogen (secondary N) is 2. The number of guanidine groups is 1. The van der Waals surface area contributed by atoms with Crippen LogP contribution in [0.3, 0.4) is 0 Å². The van der Waals surface area contributed by atoms with E-state index in [1.807, 2.05) is 18.2 Å². The topological polar surface area (TPSA) is 58.1 Å². The molecule has 0 atom stereocenters. The second kappa shape index (κ2) is 12.4. The van der Waals surface area contributed by atoms with Crippen molar-refractivity contribution in [3.05, 3.63) is 23.8 Å². The van der Waals surface area contributed by atoms with Crippen molar-refractivity contribution >= 4 is 5.96 Å². The molecule has 1 rings (SSSR count). The van der Waals surface area contributed by atoms with Gasteiger partial charge >= 0.3 is 0 Å². The minimum Gasteiger partial charge on any atom is -0.497 e. The molecule has 6 nitrogen and oxygen atoms in total. The van der Waals surface area contributed by atoms with E-state index < -0.39 is 0 Å². The summed E-state index contributed by atoms with van der Waals surface area (Å²) in [5, 5.41) is 6.70. The van der Waals surface area contributed by atoms with E-state index in [1.165, 1.54) is 6.42 Å². The maximum Gasteiger partial charge on any atom is 0.191 e. The van der Waals surface area contributed by atoms with Crippen molar-refractivity contribution in [3.8, 4) is 11.5 Å². The van der Waals surface area contributed by atoms with Crippen LogP contribution in [0.1, 0.15) is 39.2 Å². The van der Waals surface area contributed by atoms with Gasteiger partial charge in [-0.3, -0.25) is 0 Å². The van der Waals surface area contributed by atoms with E-state index >= 15 is 0 Å². The molecule has 1 aromatic carbocycles. The number of unbranched alkanes of at least 4 members (excludes halogenated alkanes) is 1. The minimum atomic E-state index is 0.554. The van der Waals surface area contributed by atoms with Crippen molar-refractivity contribution in [1.29, 1.82) is 0 Å². The summed E-state index contributed by atoms with van der Waals surface area (Å²) >= 11 is 0. The molecule has 0 unspecified atom stereocenters. The monoisotopic (exact) mass is 364 g/mol. The second-order valence-corrected chi connectivity index (χ2v) is 6.58. The molecule has 1 aromatic rings. The molecule has 0 fully saturated rings. The Kier molecular flexibility index (Phi) is 10.5. The molecule has 6 heteroatoms. The minimum absolute atomic E-state index is 0.554. The molecule has 0 bridgehead atoms. The molecule has 148 valence electrons. The van der Waals surface area contributed by atoms with E-state index in [-0.39, 0.29) is 0 Å². The van der Waals surface area contributed by atoms with Crippen LogP contribution in [-0.4, -0.2) is 57.8 Å². The van der Waals surface area contributed by atoms with Gasteiger partial charge in [0.25, 0.3) is 0 Å². The molecular weight excluding hydrogens is 328 g/mol. The summed E-state index contributed by atoms with van der Waals surface area (Å²) < 4.78 is 10.7. The van der Waals surface area contributed by atoms with Crippen LogP contribution in [0.4, 0.5) is 0 Å².